The second kappa shape index (κ2) is 5.88. The van der Waals surface area contributed by atoms with Crippen molar-refractivity contribution in [2.45, 2.75) is 25.2 Å². The van der Waals surface area contributed by atoms with Crippen molar-refractivity contribution < 1.29 is 5.11 Å². The van der Waals surface area contributed by atoms with Crippen LogP contribution in [-0.2, 0) is 0 Å². The number of fused-ring (bicyclic) bond motifs is 1. The molecule has 0 spiro atoms. The summed E-state index contributed by atoms with van der Waals surface area (Å²) >= 11 is 0. The van der Waals surface area contributed by atoms with E-state index in [-0.39, 0.29) is 6.61 Å². The second-order valence-corrected chi connectivity index (χ2v) is 5.73. The normalized spacial score (nSPS) is 14.3. The highest BCUT2D eigenvalue weighted by molar-refractivity contribution is 5.69. The Morgan fingerprint density at radius 3 is 3.13 bits per heavy atom. The van der Waals surface area contributed by atoms with Gasteiger partial charge in [0.05, 0.1) is 0 Å². The fourth-order valence-electron chi connectivity index (χ4n) is 2.52. The SMILES string of the molecule is OCCCNc1nc(Nc2cc(C3CC3)[nH]n2)nn2cccc12. The van der Waals surface area contributed by atoms with Crippen molar-refractivity contribution in [3.63, 3.8) is 0 Å². The van der Waals surface area contributed by atoms with Gasteiger partial charge in [0.15, 0.2) is 11.6 Å². The fraction of sp³-hybridized carbons (Fsp3) is 0.400. The van der Waals surface area contributed by atoms with Crippen LogP contribution in [-0.4, -0.2) is 43.1 Å². The summed E-state index contributed by atoms with van der Waals surface area (Å²) in [5.41, 5.74) is 2.06. The van der Waals surface area contributed by atoms with Gasteiger partial charge in [0, 0.05) is 37.0 Å². The molecule has 0 aromatic carbocycles. The van der Waals surface area contributed by atoms with Crippen LogP contribution < -0.4 is 10.6 Å². The van der Waals surface area contributed by atoms with Crippen LogP contribution in [0.25, 0.3) is 5.52 Å². The van der Waals surface area contributed by atoms with Gasteiger partial charge in [-0.2, -0.15) is 10.1 Å². The van der Waals surface area contributed by atoms with Crippen LogP contribution in [0.5, 0.6) is 0 Å². The molecule has 0 saturated heterocycles. The van der Waals surface area contributed by atoms with Crippen LogP contribution in [0.1, 0.15) is 30.9 Å². The molecule has 4 N–H and O–H groups in total. The minimum absolute atomic E-state index is 0.150. The molecular weight excluding hydrogens is 294 g/mol. The largest absolute Gasteiger partial charge is 0.396 e. The average Bonchev–Trinajstić information content (AvgIpc) is 3.11. The first kappa shape index (κ1) is 14.0. The molecule has 3 aromatic heterocycles. The van der Waals surface area contributed by atoms with E-state index in [1.165, 1.54) is 12.8 Å². The molecule has 8 nitrogen and oxygen atoms in total. The molecule has 0 bridgehead atoms. The van der Waals surface area contributed by atoms with Crippen molar-refractivity contribution in [3.05, 3.63) is 30.1 Å². The smallest absolute Gasteiger partial charge is 0.248 e. The van der Waals surface area contributed by atoms with Crippen LogP contribution >= 0.6 is 0 Å². The zero-order chi connectivity index (χ0) is 15.6. The van der Waals surface area contributed by atoms with Gasteiger partial charge >= 0.3 is 0 Å². The Balaban J connectivity index is 1.57. The summed E-state index contributed by atoms with van der Waals surface area (Å²) in [6.07, 6.45) is 5.00. The lowest BCUT2D eigenvalue weighted by Crippen LogP contribution is -2.10. The molecule has 4 rings (SSSR count). The van der Waals surface area contributed by atoms with Crippen molar-refractivity contribution in [2.24, 2.45) is 0 Å². The number of aromatic nitrogens is 5. The number of aliphatic hydroxyl groups is 1. The molecule has 23 heavy (non-hydrogen) atoms. The minimum Gasteiger partial charge on any atom is -0.396 e. The zero-order valence-corrected chi connectivity index (χ0v) is 12.7. The summed E-state index contributed by atoms with van der Waals surface area (Å²) in [7, 11) is 0. The number of hydrogen-bond donors (Lipinski definition) is 4. The third kappa shape index (κ3) is 2.98. The van der Waals surface area contributed by atoms with Gasteiger partial charge in [0.1, 0.15) is 5.52 Å². The number of aromatic amines is 1. The molecule has 1 saturated carbocycles. The van der Waals surface area contributed by atoms with Crippen LogP contribution in [0.4, 0.5) is 17.6 Å². The number of aliphatic hydroxyl groups excluding tert-OH is 1. The van der Waals surface area contributed by atoms with E-state index in [9.17, 15) is 0 Å². The molecule has 1 aliphatic rings. The lowest BCUT2D eigenvalue weighted by Gasteiger charge is -2.09. The molecule has 0 amide bonds. The third-order valence-electron chi connectivity index (χ3n) is 3.87. The van der Waals surface area contributed by atoms with Crippen molar-refractivity contribution in [1.82, 2.24) is 24.8 Å². The number of H-pyrrole nitrogens is 1. The molecule has 3 heterocycles. The third-order valence-corrected chi connectivity index (χ3v) is 3.87. The summed E-state index contributed by atoms with van der Waals surface area (Å²) in [5.74, 6) is 2.56. The first-order chi connectivity index (χ1) is 11.3. The van der Waals surface area contributed by atoms with Crippen molar-refractivity contribution in [3.8, 4) is 0 Å². The molecule has 1 fully saturated rings. The Labute approximate surface area is 132 Å². The van der Waals surface area contributed by atoms with Gasteiger partial charge in [-0.3, -0.25) is 5.10 Å². The number of nitrogens with zero attached hydrogens (tertiary/aromatic N) is 4. The van der Waals surface area contributed by atoms with E-state index in [1.807, 2.05) is 24.4 Å². The quantitative estimate of drug-likeness (QED) is 0.497. The maximum absolute atomic E-state index is 8.92. The Bertz CT molecular complexity index is 805. The molecular formula is C15H19N7O. The molecule has 0 unspecified atom stereocenters. The monoisotopic (exact) mass is 313 g/mol. The van der Waals surface area contributed by atoms with E-state index in [2.05, 4.69) is 30.9 Å². The summed E-state index contributed by atoms with van der Waals surface area (Å²) < 4.78 is 1.77. The van der Waals surface area contributed by atoms with Gasteiger partial charge in [-0.05, 0) is 31.4 Å². The van der Waals surface area contributed by atoms with Crippen LogP contribution in [0.3, 0.4) is 0 Å². The van der Waals surface area contributed by atoms with Gasteiger partial charge in [-0.15, -0.1) is 5.10 Å². The van der Waals surface area contributed by atoms with Gasteiger partial charge < -0.3 is 15.7 Å². The molecule has 0 atom stereocenters. The fourth-order valence-corrected chi connectivity index (χ4v) is 2.52. The maximum Gasteiger partial charge on any atom is 0.248 e. The van der Waals surface area contributed by atoms with Crippen LogP contribution in [0.2, 0.25) is 0 Å². The lowest BCUT2D eigenvalue weighted by molar-refractivity contribution is 0.292. The average molecular weight is 313 g/mol. The predicted molar refractivity (Wildman–Crippen MR) is 87.0 cm³/mol. The standard InChI is InChI=1S/C15H19N7O/c23-8-2-6-16-14-12-3-1-7-22(12)21-15(18-14)17-13-9-11(19-20-13)10-4-5-10/h1,3,7,9-10,23H,2,4-6,8H2,(H3,16,17,18,19,20,21). The van der Waals surface area contributed by atoms with E-state index >= 15 is 0 Å². The second-order valence-electron chi connectivity index (χ2n) is 5.73. The molecule has 0 radical (unpaired) electrons. The Kier molecular flexibility index (Phi) is 3.58. The van der Waals surface area contributed by atoms with Gasteiger partial charge in [0.25, 0.3) is 0 Å². The molecule has 8 heteroatoms. The van der Waals surface area contributed by atoms with E-state index < -0.39 is 0 Å². The summed E-state index contributed by atoms with van der Waals surface area (Å²) in [5, 5.41) is 27.1. The zero-order valence-electron chi connectivity index (χ0n) is 12.7. The summed E-state index contributed by atoms with van der Waals surface area (Å²) in [4.78, 5) is 4.52. The van der Waals surface area contributed by atoms with Crippen molar-refractivity contribution >= 4 is 23.1 Å². The van der Waals surface area contributed by atoms with E-state index in [0.29, 0.717) is 24.8 Å². The number of nitrogens with one attached hydrogen (secondary N) is 3. The Morgan fingerprint density at radius 2 is 2.30 bits per heavy atom. The molecule has 1 aliphatic carbocycles. The van der Waals surface area contributed by atoms with Crippen molar-refractivity contribution in [2.75, 3.05) is 23.8 Å². The van der Waals surface area contributed by atoms with Gasteiger partial charge in [0.2, 0.25) is 5.95 Å². The first-order valence-electron chi connectivity index (χ1n) is 7.86. The maximum atomic E-state index is 8.92. The topological polar surface area (TPSA) is 103 Å². The number of hydrogen-bond acceptors (Lipinski definition) is 6. The molecule has 3 aromatic rings. The van der Waals surface area contributed by atoms with Crippen molar-refractivity contribution in [1.29, 1.82) is 0 Å². The highest BCUT2D eigenvalue weighted by Gasteiger charge is 2.25. The van der Waals surface area contributed by atoms with Crippen LogP contribution in [0, 0.1) is 0 Å². The van der Waals surface area contributed by atoms with Gasteiger partial charge in [-0.1, -0.05) is 0 Å². The van der Waals surface area contributed by atoms with Gasteiger partial charge in [-0.25, -0.2) is 4.52 Å². The van der Waals surface area contributed by atoms with E-state index in [0.717, 1.165) is 22.8 Å². The lowest BCUT2D eigenvalue weighted by atomic mass is 10.3. The Hall–Kier alpha value is -2.61. The van der Waals surface area contributed by atoms with E-state index in [4.69, 9.17) is 5.11 Å². The molecule has 120 valence electrons. The predicted octanol–water partition coefficient (Wildman–Crippen LogP) is 1.87. The highest BCUT2D eigenvalue weighted by Crippen LogP contribution is 2.39. The number of rotatable bonds is 7. The van der Waals surface area contributed by atoms with E-state index in [1.54, 1.807) is 4.52 Å². The summed E-state index contributed by atoms with van der Waals surface area (Å²) in [6, 6.07) is 5.88. The van der Waals surface area contributed by atoms with Crippen LogP contribution in [0.15, 0.2) is 24.4 Å². The Morgan fingerprint density at radius 1 is 1.39 bits per heavy atom. The number of anilines is 3. The molecule has 0 aliphatic heterocycles. The highest BCUT2D eigenvalue weighted by atomic mass is 16.3. The summed E-state index contributed by atoms with van der Waals surface area (Å²) in [6.45, 7) is 0.805. The minimum atomic E-state index is 0.150. The first-order valence-corrected chi connectivity index (χ1v) is 7.86.